The average Bonchev–Trinajstić information content (AvgIpc) is 3.31. The Kier molecular flexibility index (Phi) is 4.57. The molecule has 0 N–H and O–H groups in total. The van der Waals surface area contributed by atoms with E-state index in [1.165, 1.54) is 0 Å². The summed E-state index contributed by atoms with van der Waals surface area (Å²) in [6.45, 7) is 4.46. The maximum absolute atomic E-state index is 13.0. The molecule has 3 rings (SSSR count). The van der Waals surface area contributed by atoms with Gasteiger partial charge in [0.25, 0.3) is 11.6 Å². The van der Waals surface area contributed by atoms with Gasteiger partial charge in [0.05, 0.1) is 0 Å². The van der Waals surface area contributed by atoms with E-state index in [4.69, 9.17) is 9.15 Å². The Morgan fingerprint density at radius 3 is 2.56 bits per heavy atom. The summed E-state index contributed by atoms with van der Waals surface area (Å²) in [7, 11) is 0. The lowest BCUT2D eigenvalue weighted by Crippen LogP contribution is -2.34. The molecule has 1 fully saturated rings. The van der Waals surface area contributed by atoms with Crippen LogP contribution < -0.4 is 4.74 Å². The number of carbonyl (C=O) groups is 1. The van der Waals surface area contributed by atoms with Gasteiger partial charge >= 0.3 is 12.3 Å². The fraction of sp³-hybridized carbons (Fsp3) is 0.562. The molecule has 9 heteroatoms. The molecule has 0 saturated heterocycles. The number of likely N-dealkylation sites (N-methyl/N-ethyl adjacent to an activating group) is 1. The third-order valence-corrected chi connectivity index (χ3v) is 4.12. The van der Waals surface area contributed by atoms with Crippen LogP contribution in [0.5, 0.6) is 6.08 Å². The van der Waals surface area contributed by atoms with Gasteiger partial charge < -0.3 is 14.1 Å². The first-order valence-corrected chi connectivity index (χ1v) is 8.12. The zero-order chi connectivity index (χ0) is 18.2. The van der Waals surface area contributed by atoms with Crippen molar-refractivity contribution in [2.45, 2.75) is 38.8 Å². The van der Waals surface area contributed by atoms with E-state index in [9.17, 15) is 18.0 Å². The number of ether oxygens (including phenoxy) is 1. The lowest BCUT2D eigenvalue weighted by atomic mass is 10.1. The van der Waals surface area contributed by atoms with Gasteiger partial charge in [-0.05, 0) is 44.2 Å². The van der Waals surface area contributed by atoms with Crippen LogP contribution in [0.15, 0.2) is 10.5 Å². The van der Waals surface area contributed by atoms with Gasteiger partial charge in [-0.25, -0.2) is 4.98 Å². The van der Waals surface area contributed by atoms with Crippen molar-refractivity contribution in [1.29, 1.82) is 0 Å². The first-order chi connectivity index (χ1) is 11.8. The minimum atomic E-state index is -4.57. The largest absolute Gasteiger partial charge is 0.440 e. The second-order valence-corrected chi connectivity index (χ2v) is 5.86. The second kappa shape index (κ2) is 6.53. The molecule has 25 heavy (non-hydrogen) atoms. The molecule has 0 bridgehead atoms. The molecule has 1 saturated carbocycles. The van der Waals surface area contributed by atoms with Gasteiger partial charge in [-0.15, -0.1) is 0 Å². The van der Waals surface area contributed by atoms with Crippen molar-refractivity contribution in [2.75, 3.05) is 19.7 Å². The summed E-state index contributed by atoms with van der Waals surface area (Å²) >= 11 is 0. The van der Waals surface area contributed by atoms with E-state index in [1.807, 2.05) is 13.8 Å². The van der Waals surface area contributed by atoms with Crippen LogP contribution in [0.1, 0.15) is 43.9 Å². The van der Waals surface area contributed by atoms with Crippen LogP contribution >= 0.6 is 0 Å². The number of amides is 1. The normalized spacial score (nSPS) is 14.8. The molecule has 2 aromatic rings. The quantitative estimate of drug-likeness (QED) is 0.793. The van der Waals surface area contributed by atoms with Crippen molar-refractivity contribution < 1.29 is 27.1 Å². The Morgan fingerprint density at radius 2 is 2.00 bits per heavy atom. The fourth-order valence-corrected chi connectivity index (χ4v) is 2.62. The molecular formula is C16H18F3N3O3. The molecule has 2 aromatic heterocycles. The molecular weight excluding hydrogens is 339 g/mol. The Morgan fingerprint density at radius 1 is 1.32 bits per heavy atom. The molecule has 0 aromatic carbocycles. The number of fused-ring (bicyclic) bond motifs is 1. The number of alkyl halides is 3. The third-order valence-electron chi connectivity index (χ3n) is 4.12. The minimum Gasteiger partial charge on any atom is -0.440 e. The van der Waals surface area contributed by atoms with Gasteiger partial charge in [-0.3, -0.25) is 4.79 Å². The van der Waals surface area contributed by atoms with Gasteiger partial charge in [0.2, 0.25) is 0 Å². The van der Waals surface area contributed by atoms with Crippen molar-refractivity contribution in [3.8, 4) is 6.08 Å². The number of halogens is 3. The van der Waals surface area contributed by atoms with Gasteiger partial charge in [0.1, 0.15) is 11.2 Å². The predicted octanol–water partition coefficient (Wildman–Crippen LogP) is 3.37. The van der Waals surface area contributed by atoms with Crippen molar-refractivity contribution in [3.05, 3.63) is 17.3 Å². The Hall–Kier alpha value is -2.32. The van der Waals surface area contributed by atoms with Crippen molar-refractivity contribution in [1.82, 2.24) is 14.9 Å². The topological polar surface area (TPSA) is 68.5 Å². The standard InChI is InChI=1S/C16H18F3N3O3/c1-3-22(4-2)12(23)8-24-15-21-13-10(9-5-6-9)7-11(16(17,18)19)20-14(13)25-15/h7,9H,3-6,8H2,1-2H3. The zero-order valence-corrected chi connectivity index (χ0v) is 13.9. The van der Waals surface area contributed by atoms with Crippen LogP contribution in [0.3, 0.4) is 0 Å². The summed E-state index contributed by atoms with van der Waals surface area (Å²) in [5, 5.41) is 0. The number of hydrogen-bond donors (Lipinski definition) is 0. The molecule has 1 aliphatic rings. The Balaban J connectivity index is 1.86. The maximum Gasteiger partial charge on any atom is 0.433 e. The van der Waals surface area contributed by atoms with Crippen LogP contribution in [0.4, 0.5) is 13.2 Å². The smallest absolute Gasteiger partial charge is 0.433 e. The van der Waals surface area contributed by atoms with E-state index in [0.717, 1.165) is 18.9 Å². The van der Waals surface area contributed by atoms with Gasteiger partial charge in [-0.2, -0.15) is 18.2 Å². The molecule has 0 unspecified atom stereocenters. The lowest BCUT2D eigenvalue weighted by Gasteiger charge is -2.17. The van der Waals surface area contributed by atoms with E-state index in [0.29, 0.717) is 18.7 Å². The molecule has 0 spiro atoms. The molecule has 1 aliphatic carbocycles. The Labute approximate surface area is 142 Å². The van der Waals surface area contributed by atoms with E-state index in [1.54, 1.807) is 4.90 Å². The van der Waals surface area contributed by atoms with Crippen LogP contribution in [0.2, 0.25) is 0 Å². The van der Waals surface area contributed by atoms with E-state index in [2.05, 4.69) is 9.97 Å². The number of aromatic nitrogens is 2. The minimum absolute atomic E-state index is 0.0295. The maximum atomic E-state index is 13.0. The van der Waals surface area contributed by atoms with Crippen molar-refractivity contribution in [2.24, 2.45) is 0 Å². The van der Waals surface area contributed by atoms with E-state index < -0.39 is 11.9 Å². The van der Waals surface area contributed by atoms with Crippen LogP contribution in [-0.4, -0.2) is 40.5 Å². The van der Waals surface area contributed by atoms with E-state index in [-0.39, 0.29) is 35.7 Å². The third kappa shape index (κ3) is 3.69. The van der Waals surface area contributed by atoms with Crippen LogP contribution in [-0.2, 0) is 11.0 Å². The summed E-state index contributed by atoms with van der Waals surface area (Å²) in [5.74, 6) is -0.222. The SMILES string of the molecule is CCN(CC)C(=O)COc1nc2c(C3CC3)cc(C(F)(F)F)nc2o1. The summed E-state index contributed by atoms with van der Waals surface area (Å²) in [4.78, 5) is 21.1. The van der Waals surface area contributed by atoms with Gasteiger partial charge in [-0.1, -0.05) is 0 Å². The number of carbonyl (C=O) groups excluding carboxylic acids is 1. The predicted molar refractivity (Wildman–Crippen MR) is 82.2 cm³/mol. The van der Waals surface area contributed by atoms with Crippen LogP contribution in [0.25, 0.3) is 11.2 Å². The molecule has 136 valence electrons. The lowest BCUT2D eigenvalue weighted by molar-refractivity contribution is -0.141. The van der Waals surface area contributed by atoms with Gasteiger partial charge in [0, 0.05) is 13.1 Å². The first kappa shape index (κ1) is 17.5. The van der Waals surface area contributed by atoms with Crippen molar-refractivity contribution >= 4 is 17.1 Å². The highest BCUT2D eigenvalue weighted by molar-refractivity contribution is 5.78. The number of oxazole rings is 1. The Bertz CT molecular complexity index is 780. The first-order valence-electron chi connectivity index (χ1n) is 8.12. The average molecular weight is 357 g/mol. The fourth-order valence-electron chi connectivity index (χ4n) is 2.62. The molecule has 0 radical (unpaired) electrons. The molecule has 2 heterocycles. The van der Waals surface area contributed by atoms with E-state index >= 15 is 0 Å². The molecule has 0 atom stereocenters. The highest BCUT2D eigenvalue weighted by Crippen LogP contribution is 2.44. The molecule has 0 aliphatic heterocycles. The van der Waals surface area contributed by atoms with Crippen LogP contribution in [0, 0.1) is 0 Å². The van der Waals surface area contributed by atoms with Gasteiger partial charge in [0.15, 0.2) is 6.61 Å². The molecule has 6 nitrogen and oxygen atoms in total. The van der Waals surface area contributed by atoms with Crippen molar-refractivity contribution in [3.63, 3.8) is 0 Å². The zero-order valence-electron chi connectivity index (χ0n) is 13.9. The monoisotopic (exact) mass is 357 g/mol. The number of nitrogens with zero attached hydrogens (tertiary/aromatic N) is 3. The number of rotatable bonds is 6. The summed E-state index contributed by atoms with van der Waals surface area (Å²) in [5.41, 5.74) is -0.502. The summed E-state index contributed by atoms with van der Waals surface area (Å²) < 4.78 is 49.4. The summed E-state index contributed by atoms with van der Waals surface area (Å²) in [6.07, 6.45) is -3.20. The number of pyridine rings is 1. The molecule has 1 amide bonds. The number of hydrogen-bond acceptors (Lipinski definition) is 5. The highest BCUT2D eigenvalue weighted by atomic mass is 19.4. The highest BCUT2D eigenvalue weighted by Gasteiger charge is 2.37. The summed E-state index contributed by atoms with van der Waals surface area (Å²) in [6, 6.07) is 1.02. The second-order valence-electron chi connectivity index (χ2n) is 5.86.